The Morgan fingerprint density at radius 3 is 2.73 bits per heavy atom. The topological polar surface area (TPSA) is 21.3 Å². The summed E-state index contributed by atoms with van der Waals surface area (Å²) in [6.07, 6.45) is 3.32. The van der Waals surface area contributed by atoms with Gasteiger partial charge in [0.2, 0.25) is 0 Å². The second kappa shape index (κ2) is 7.30. The van der Waals surface area contributed by atoms with Crippen molar-refractivity contribution >= 4 is 0 Å². The number of rotatable bonds is 7. The number of ether oxygens (including phenoxy) is 1. The molecular weight excluding hydrogens is 186 g/mol. The van der Waals surface area contributed by atoms with Crippen molar-refractivity contribution in [2.45, 2.75) is 26.2 Å². The zero-order valence-corrected chi connectivity index (χ0v) is 9.75. The number of benzene rings is 1. The molecule has 0 saturated carbocycles. The molecule has 84 valence electrons. The van der Waals surface area contributed by atoms with Gasteiger partial charge in [-0.1, -0.05) is 25.1 Å². The van der Waals surface area contributed by atoms with Gasteiger partial charge in [-0.25, -0.2) is 0 Å². The smallest absolute Gasteiger partial charge is 0.122 e. The fraction of sp³-hybridized carbons (Fsp3) is 0.538. The zero-order valence-electron chi connectivity index (χ0n) is 9.75. The molecule has 0 aliphatic heterocycles. The van der Waals surface area contributed by atoms with Gasteiger partial charge in [-0.2, -0.15) is 0 Å². The van der Waals surface area contributed by atoms with Gasteiger partial charge < -0.3 is 10.1 Å². The Balaban J connectivity index is 2.30. The van der Waals surface area contributed by atoms with E-state index in [2.05, 4.69) is 30.4 Å². The predicted octanol–water partition coefficient (Wildman–Crippen LogP) is 2.63. The molecule has 0 aliphatic carbocycles. The third-order valence-electron chi connectivity index (χ3n) is 2.43. The van der Waals surface area contributed by atoms with Crippen molar-refractivity contribution in [3.63, 3.8) is 0 Å². The first-order valence-electron chi connectivity index (χ1n) is 5.73. The van der Waals surface area contributed by atoms with Crippen molar-refractivity contribution in [2.75, 3.05) is 20.2 Å². The van der Waals surface area contributed by atoms with Gasteiger partial charge in [0.15, 0.2) is 0 Å². The summed E-state index contributed by atoms with van der Waals surface area (Å²) in [7, 11) is 1.98. The van der Waals surface area contributed by atoms with E-state index in [-0.39, 0.29) is 0 Å². The molecule has 0 spiro atoms. The van der Waals surface area contributed by atoms with E-state index in [0.29, 0.717) is 0 Å². The molecule has 0 amide bonds. The molecule has 0 unspecified atom stereocenters. The van der Waals surface area contributed by atoms with Gasteiger partial charge in [-0.05, 0) is 44.5 Å². The molecule has 2 nitrogen and oxygen atoms in total. The molecule has 0 aromatic heterocycles. The van der Waals surface area contributed by atoms with Crippen LogP contribution in [0.3, 0.4) is 0 Å². The lowest BCUT2D eigenvalue weighted by molar-refractivity contribution is 0.303. The highest BCUT2D eigenvalue weighted by Gasteiger charge is 1.99. The maximum absolute atomic E-state index is 5.75. The predicted molar refractivity (Wildman–Crippen MR) is 64.5 cm³/mol. The molecule has 0 saturated heterocycles. The minimum atomic E-state index is 0.818. The van der Waals surface area contributed by atoms with Gasteiger partial charge in [0.25, 0.3) is 0 Å². The van der Waals surface area contributed by atoms with E-state index in [9.17, 15) is 0 Å². The summed E-state index contributed by atoms with van der Waals surface area (Å²) in [6.45, 7) is 4.04. The Hall–Kier alpha value is -1.02. The van der Waals surface area contributed by atoms with Crippen LogP contribution in [0.4, 0.5) is 0 Å². The Bertz CT molecular complexity index is 273. The van der Waals surface area contributed by atoms with E-state index in [4.69, 9.17) is 4.74 Å². The maximum atomic E-state index is 5.75. The minimum absolute atomic E-state index is 0.818. The number of unbranched alkanes of at least 4 members (excludes halogenated alkanes) is 1. The Morgan fingerprint density at radius 1 is 1.20 bits per heavy atom. The molecule has 0 heterocycles. The van der Waals surface area contributed by atoms with Crippen LogP contribution in [0.2, 0.25) is 0 Å². The van der Waals surface area contributed by atoms with Crippen LogP contribution < -0.4 is 10.1 Å². The lowest BCUT2D eigenvalue weighted by atomic mass is 10.1. The van der Waals surface area contributed by atoms with Crippen LogP contribution >= 0.6 is 0 Å². The Morgan fingerprint density at radius 2 is 2.00 bits per heavy atom. The fourth-order valence-electron chi connectivity index (χ4n) is 1.52. The molecule has 1 aromatic carbocycles. The first-order chi connectivity index (χ1) is 7.38. The van der Waals surface area contributed by atoms with Gasteiger partial charge >= 0.3 is 0 Å². The van der Waals surface area contributed by atoms with E-state index >= 15 is 0 Å². The van der Waals surface area contributed by atoms with Crippen molar-refractivity contribution < 1.29 is 4.74 Å². The van der Waals surface area contributed by atoms with Crippen LogP contribution in [0.25, 0.3) is 0 Å². The third-order valence-corrected chi connectivity index (χ3v) is 2.43. The molecule has 1 N–H and O–H groups in total. The maximum Gasteiger partial charge on any atom is 0.122 e. The Kier molecular flexibility index (Phi) is 5.86. The van der Waals surface area contributed by atoms with E-state index < -0.39 is 0 Å². The lowest BCUT2D eigenvalue weighted by Gasteiger charge is -2.09. The summed E-state index contributed by atoms with van der Waals surface area (Å²) >= 11 is 0. The standard InChI is InChI=1S/C13H21NO/c1-3-12-8-4-5-9-13(12)15-11-7-6-10-14-2/h4-5,8-9,14H,3,6-7,10-11H2,1-2H3. The molecule has 0 bridgehead atoms. The van der Waals surface area contributed by atoms with Gasteiger partial charge in [0.05, 0.1) is 6.61 Å². The summed E-state index contributed by atoms with van der Waals surface area (Å²) in [5, 5.41) is 3.13. The van der Waals surface area contributed by atoms with Gasteiger partial charge in [-0.15, -0.1) is 0 Å². The molecule has 0 fully saturated rings. The van der Waals surface area contributed by atoms with Crippen LogP contribution in [0.1, 0.15) is 25.3 Å². The average Bonchev–Trinajstić information content (AvgIpc) is 2.29. The van der Waals surface area contributed by atoms with Crippen molar-refractivity contribution in [3.05, 3.63) is 29.8 Å². The minimum Gasteiger partial charge on any atom is -0.493 e. The van der Waals surface area contributed by atoms with E-state index in [1.807, 2.05) is 13.1 Å². The summed E-state index contributed by atoms with van der Waals surface area (Å²) in [5.74, 6) is 1.05. The average molecular weight is 207 g/mol. The zero-order chi connectivity index (χ0) is 10.9. The molecule has 0 aliphatic rings. The summed E-state index contributed by atoms with van der Waals surface area (Å²) < 4.78 is 5.75. The highest BCUT2D eigenvalue weighted by Crippen LogP contribution is 2.18. The third kappa shape index (κ3) is 4.34. The second-order valence-corrected chi connectivity index (χ2v) is 3.62. The monoisotopic (exact) mass is 207 g/mol. The molecule has 2 heteroatoms. The second-order valence-electron chi connectivity index (χ2n) is 3.62. The van der Waals surface area contributed by atoms with Crippen molar-refractivity contribution in [3.8, 4) is 5.75 Å². The quantitative estimate of drug-likeness (QED) is 0.694. The number of hydrogen-bond donors (Lipinski definition) is 1. The van der Waals surface area contributed by atoms with Crippen LogP contribution in [0.5, 0.6) is 5.75 Å². The highest BCUT2D eigenvalue weighted by atomic mass is 16.5. The van der Waals surface area contributed by atoms with Crippen molar-refractivity contribution in [1.29, 1.82) is 0 Å². The number of hydrogen-bond acceptors (Lipinski definition) is 2. The molecule has 0 radical (unpaired) electrons. The van der Waals surface area contributed by atoms with Crippen molar-refractivity contribution in [1.82, 2.24) is 5.32 Å². The summed E-state index contributed by atoms with van der Waals surface area (Å²) in [6, 6.07) is 8.27. The van der Waals surface area contributed by atoms with Gasteiger partial charge in [-0.3, -0.25) is 0 Å². The van der Waals surface area contributed by atoms with E-state index in [1.54, 1.807) is 0 Å². The summed E-state index contributed by atoms with van der Waals surface area (Å²) in [5.41, 5.74) is 1.30. The SMILES string of the molecule is CCc1ccccc1OCCCCNC. The number of nitrogens with one attached hydrogen (secondary N) is 1. The normalized spacial score (nSPS) is 10.3. The van der Waals surface area contributed by atoms with Crippen LogP contribution in [0, 0.1) is 0 Å². The lowest BCUT2D eigenvalue weighted by Crippen LogP contribution is -2.09. The number of para-hydroxylation sites is 1. The van der Waals surface area contributed by atoms with Crippen LogP contribution in [0.15, 0.2) is 24.3 Å². The first-order valence-corrected chi connectivity index (χ1v) is 5.73. The molecule has 15 heavy (non-hydrogen) atoms. The van der Waals surface area contributed by atoms with Crippen molar-refractivity contribution in [2.24, 2.45) is 0 Å². The van der Waals surface area contributed by atoms with Gasteiger partial charge in [0, 0.05) is 0 Å². The molecular formula is C13H21NO. The Labute approximate surface area is 92.6 Å². The summed E-state index contributed by atoms with van der Waals surface area (Å²) in [4.78, 5) is 0. The fourth-order valence-corrected chi connectivity index (χ4v) is 1.52. The molecule has 0 atom stereocenters. The van der Waals surface area contributed by atoms with E-state index in [0.717, 1.165) is 31.7 Å². The van der Waals surface area contributed by atoms with E-state index in [1.165, 1.54) is 12.0 Å². The number of aryl methyl sites for hydroxylation is 1. The molecule has 1 aromatic rings. The molecule has 1 rings (SSSR count). The first kappa shape index (κ1) is 12.1. The highest BCUT2D eigenvalue weighted by molar-refractivity contribution is 5.33. The largest absolute Gasteiger partial charge is 0.493 e. The van der Waals surface area contributed by atoms with Crippen LogP contribution in [-0.2, 0) is 6.42 Å². The van der Waals surface area contributed by atoms with Crippen LogP contribution in [-0.4, -0.2) is 20.2 Å². The van der Waals surface area contributed by atoms with Gasteiger partial charge in [0.1, 0.15) is 5.75 Å².